The second kappa shape index (κ2) is 10.9. The second-order valence-electron chi connectivity index (χ2n) is 8.45. The van der Waals surface area contributed by atoms with Gasteiger partial charge >= 0.3 is 12.1 Å². The lowest BCUT2D eigenvalue weighted by atomic mass is 9.99. The van der Waals surface area contributed by atoms with Crippen LogP contribution in [-0.4, -0.2) is 58.1 Å². The minimum Gasteiger partial charge on any atom is -0.461 e. The summed E-state index contributed by atoms with van der Waals surface area (Å²) in [7, 11) is 0. The number of nitrogens with one attached hydrogen (secondary N) is 2. The first-order chi connectivity index (χ1) is 13.8. The number of ether oxygens (including phenoxy) is 2. The lowest BCUT2D eigenvalue weighted by Gasteiger charge is -2.30. The fourth-order valence-electron chi connectivity index (χ4n) is 2.34. The fourth-order valence-corrected chi connectivity index (χ4v) is 2.34. The third-order valence-corrected chi connectivity index (χ3v) is 3.97. The molecule has 0 spiro atoms. The molecule has 0 fully saturated rings. The zero-order valence-corrected chi connectivity index (χ0v) is 18.1. The highest BCUT2D eigenvalue weighted by atomic mass is 16.6. The van der Waals surface area contributed by atoms with Crippen LogP contribution >= 0.6 is 0 Å². The number of hydrogen-bond acceptors (Lipinski definition) is 7. The van der Waals surface area contributed by atoms with Gasteiger partial charge in [-0.3, -0.25) is 9.59 Å². The fraction of sp³-hybridized carbons (Fsp3) is 0.571. The van der Waals surface area contributed by atoms with E-state index >= 15 is 0 Å². The Bertz CT molecular complexity index is 708. The van der Waals surface area contributed by atoms with Crippen LogP contribution in [0.2, 0.25) is 0 Å². The Kier molecular flexibility index (Phi) is 9.25. The summed E-state index contributed by atoms with van der Waals surface area (Å²) in [5.41, 5.74) is -1.46. The van der Waals surface area contributed by atoms with Crippen molar-refractivity contribution in [2.75, 3.05) is 6.61 Å². The zero-order valence-electron chi connectivity index (χ0n) is 18.1. The van der Waals surface area contributed by atoms with Crippen molar-refractivity contribution in [3.63, 3.8) is 0 Å². The maximum atomic E-state index is 12.7. The molecule has 0 aliphatic rings. The normalized spacial score (nSPS) is 13.7. The van der Waals surface area contributed by atoms with Crippen molar-refractivity contribution >= 4 is 18.0 Å². The molecule has 1 aromatic carbocycles. The first-order valence-electron chi connectivity index (χ1n) is 9.64. The number of benzene rings is 1. The van der Waals surface area contributed by atoms with Crippen LogP contribution in [0.5, 0.6) is 0 Å². The van der Waals surface area contributed by atoms with Crippen molar-refractivity contribution in [1.82, 2.24) is 10.6 Å². The Balaban J connectivity index is 2.83. The average molecular weight is 424 g/mol. The Morgan fingerprint density at radius 1 is 1.03 bits per heavy atom. The molecule has 0 unspecified atom stereocenters. The van der Waals surface area contributed by atoms with Gasteiger partial charge in [-0.2, -0.15) is 0 Å². The number of alkyl carbamates (subject to hydrolysis) is 1. The third kappa shape index (κ3) is 9.71. The van der Waals surface area contributed by atoms with Gasteiger partial charge < -0.3 is 30.3 Å². The molecule has 0 radical (unpaired) electrons. The number of hydrogen-bond donors (Lipinski definition) is 4. The largest absolute Gasteiger partial charge is 0.461 e. The Morgan fingerprint density at radius 2 is 1.63 bits per heavy atom. The van der Waals surface area contributed by atoms with Crippen LogP contribution in [0.25, 0.3) is 0 Å². The van der Waals surface area contributed by atoms with Crippen molar-refractivity contribution < 1.29 is 34.1 Å². The quantitative estimate of drug-likeness (QED) is 0.439. The van der Waals surface area contributed by atoms with Crippen LogP contribution in [0.15, 0.2) is 30.3 Å². The van der Waals surface area contributed by atoms with Crippen molar-refractivity contribution in [2.24, 2.45) is 0 Å². The summed E-state index contributed by atoms with van der Waals surface area (Å²) in [6.07, 6.45) is -1.34. The van der Waals surface area contributed by atoms with E-state index in [4.69, 9.17) is 9.47 Å². The summed E-state index contributed by atoms with van der Waals surface area (Å²) in [5, 5.41) is 24.3. The molecule has 9 heteroatoms. The lowest BCUT2D eigenvalue weighted by Crippen LogP contribution is -2.57. The molecule has 9 nitrogen and oxygen atoms in total. The molecule has 30 heavy (non-hydrogen) atoms. The number of aliphatic hydroxyl groups is 2. The Hall–Kier alpha value is -2.65. The molecule has 0 aliphatic carbocycles. The zero-order chi connectivity index (χ0) is 22.9. The highest BCUT2D eigenvalue weighted by molar-refractivity contribution is 5.89. The highest BCUT2D eigenvalue weighted by Crippen LogP contribution is 2.11. The summed E-state index contributed by atoms with van der Waals surface area (Å²) >= 11 is 0. The molecule has 2 amide bonds. The molecule has 168 valence electrons. The van der Waals surface area contributed by atoms with Gasteiger partial charge in [0.1, 0.15) is 18.2 Å². The summed E-state index contributed by atoms with van der Waals surface area (Å²) in [6, 6.07) is 6.67. The van der Waals surface area contributed by atoms with Gasteiger partial charge in [-0.15, -0.1) is 0 Å². The molecule has 1 rings (SSSR count). The number of esters is 1. The molecule has 4 N–H and O–H groups in total. The van der Waals surface area contributed by atoms with E-state index in [0.717, 1.165) is 5.56 Å². The lowest BCUT2D eigenvalue weighted by molar-refractivity contribution is -0.147. The molecule has 0 aliphatic heterocycles. The predicted molar refractivity (Wildman–Crippen MR) is 109 cm³/mol. The Morgan fingerprint density at radius 3 is 2.13 bits per heavy atom. The van der Waals surface area contributed by atoms with Crippen LogP contribution < -0.4 is 10.6 Å². The SMILES string of the molecule is CC(C)(C)OC(=O)N[C@H](CC(=O)OCc1ccccc1)C(=O)N[C@@H](CO)C(C)(C)O. The highest BCUT2D eigenvalue weighted by Gasteiger charge is 2.33. The van der Waals surface area contributed by atoms with Crippen LogP contribution in [0, 0.1) is 0 Å². The van der Waals surface area contributed by atoms with E-state index in [1.165, 1.54) is 13.8 Å². The standard InChI is InChI=1S/C21H32N2O7/c1-20(2,3)30-19(27)22-15(18(26)23-16(12-24)21(4,5)28)11-17(25)29-13-14-9-7-6-8-10-14/h6-10,15-16,24,28H,11-13H2,1-5H3,(H,22,27)(H,23,26)/t15-,16+/m1/s1. The number of amides is 2. The molecule has 0 saturated heterocycles. The van der Waals surface area contributed by atoms with Gasteiger partial charge in [0, 0.05) is 0 Å². The van der Waals surface area contributed by atoms with Crippen molar-refractivity contribution in [3.05, 3.63) is 35.9 Å². The van der Waals surface area contributed by atoms with Crippen LogP contribution in [0.1, 0.15) is 46.6 Å². The molecule has 0 bridgehead atoms. The van der Waals surface area contributed by atoms with Crippen LogP contribution in [-0.2, 0) is 25.7 Å². The van der Waals surface area contributed by atoms with E-state index in [1.807, 2.05) is 6.07 Å². The van der Waals surface area contributed by atoms with Crippen LogP contribution in [0.3, 0.4) is 0 Å². The predicted octanol–water partition coefficient (Wildman–Crippen LogP) is 1.26. The minimum atomic E-state index is -1.42. The van der Waals surface area contributed by atoms with E-state index < -0.39 is 54.3 Å². The molecule has 0 heterocycles. The summed E-state index contributed by atoms with van der Waals surface area (Å²) in [6.45, 7) is 7.29. The van der Waals surface area contributed by atoms with E-state index in [0.29, 0.717) is 0 Å². The summed E-state index contributed by atoms with van der Waals surface area (Å²) < 4.78 is 10.3. The van der Waals surface area contributed by atoms with Gasteiger partial charge in [-0.1, -0.05) is 30.3 Å². The van der Waals surface area contributed by atoms with Gasteiger partial charge in [0.15, 0.2) is 0 Å². The van der Waals surface area contributed by atoms with Gasteiger partial charge in [-0.25, -0.2) is 4.79 Å². The summed E-state index contributed by atoms with van der Waals surface area (Å²) in [5.74, 6) is -1.47. The van der Waals surface area contributed by atoms with Crippen molar-refractivity contribution in [2.45, 2.75) is 70.9 Å². The van der Waals surface area contributed by atoms with Crippen molar-refractivity contribution in [1.29, 1.82) is 0 Å². The molecular weight excluding hydrogens is 392 g/mol. The number of rotatable bonds is 9. The van der Waals surface area contributed by atoms with E-state index in [-0.39, 0.29) is 6.61 Å². The van der Waals surface area contributed by atoms with Gasteiger partial charge in [0.05, 0.1) is 24.7 Å². The van der Waals surface area contributed by atoms with Gasteiger partial charge in [0.25, 0.3) is 0 Å². The third-order valence-electron chi connectivity index (χ3n) is 3.97. The van der Waals surface area contributed by atoms with E-state index in [2.05, 4.69) is 10.6 Å². The smallest absolute Gasteiger partial charge is 0.408 e. The molecule has 0 saturated carbocycles. The average Bonchev–Trinajstić information content (AvgIpc) is 2.62. The summed E-state index contributed by atoms with van der Waals surface area (Å²) in [4.78, 5) is 37.0. The van der Waals surface area contributed by atoms with Gasteiger partial charge in [-0.05, 0) is 40.2 Å². The number of aliphatic hydroxyl groups excluding tert-OH is 1. The minimum absolute atomic E-state index is 0.0172. The molecular formula is C21H32N2O7. The maximum absolute atomic E-state index is 12.7. The monoisotopic (exact) mass is 424 g/mol. The van der Waals surface area contributed by atoms with E-state index in [9.17, 15) is 24.6 Å². The van der Waals surface area contributed by atoms with E-state index in [1.54, 1.807) is 45.0 Å². The first kappa shape index (κ1) is 25.4. The van der Waals surface area contributed by atoms with Gasteiger partial charge in [0.2, 0.25) is 5.91 Å². The first-order valence-corrected chi connectivity index (χ1v) is 9.64. The Labute approximate surface area is 176 Å². The van der Waals surface area contributed by atoms with Crippen LogP contribution in [0.4, 0.5) is 4.79 Å². The maximum Gasteiger partial charge on any atom is 0.408 e. The number of carbonyl (C=O) groups excluding carboxylic acids is 3. The molecule has 2 atom stereocenters. The second-order valence-corrected chi connectivity index (χ2v) is 8.45. The topological polar surface area (TPSA) is 134 Å². The number of carbonyl (C=O) groups is 3. The van der Waals surface area contributed by atoms with Crippen molar-refractivity contribution in [3.8, 4) is 0 Å². The molecule has 0 aromatic heterocycles. The molecule has 1 aromatic rings.